The Morgan fingerprint density at radius 2 is 2.10 bits per heavy atom. The van der Waals surface area contributed by atoms with Gasteiger partial charge in [0.1, 0.15) is 5.82 Å². The van der Waals surface area contributed by atoms with E-state index >= 15 is 0 Å². The zero-order valence-electron chi connectivity index (χ0n) is 11.5. The van der Waals surface area contributed by atoms with E-state index < -0.39 is 5.82 Å². The third-order valence-electron chi connectivity index (χ3n) is 3.09. The van der Waals surface area contributed by atoms with Gasteiger partial charge in [0, 0.05) is 18.3 Å². The third-order valence-corrected chi connectivity index (χ3v) is 3.38. The Morgan fingerprint density at radius 1 is 1.35 bits per heavy atom. The summed E-state index contributed by atoms with van der Waals surface area (Å²) in [4.78, 5) is 6.48. The van der Waals surface area contributed by atoms with Crippen LogP contribution in [0.4, 0.5) is 15.8 Å². The predicted molar refractivity (Wildman–Crippen MR) is 81.5 cm³/mol. The van der Waals surface area contributed by atoms with E-state index in [0.29, 0.717) is 12.2 Å². The molecule has 0 aliphatic carbocycles. The fourth-order valence-electron chi connectivity index (χ4n) is 2.08. The SMILES string of the molecule is CCN(Cc1cccc(C)n1)c1cc(Cl)c(F)cc1N. The summed E-state index contributed by atoms with van der Waals surface area (Å²) < 4.78 is 13.4. The number of aromatic nitrogens is 1. The highest BCUT2D eigenvalue weighted by atomic mass is 35.5. The standard InChI is InChI=1S/C15H17ClFN3/c1-3-20(9-11-6-4-5-10(2)19-11)15-7-12(16)13(17)8-14(15)18/h4-8H,3,9,18H2,1-2H3. The molecule has 0 aliphatic rings. The maximum atomic E-state index is 13.4. The molecule has 0 unspecified atom stereocenters. The topological polar surface area (TPSA) is 42.2 Å². The second-order valence-corrected chi connectivity index (χ2v) is 5.02. The zero-order chi connectivity index (χ0) is 14.7. The van der Waals surface area contributed by atoms with E-state index in [1.807, 2.05) is 36.9 Å². The molecule has 0 atom stereocenters. The average Bonchev–Trinajstić information content (AvgIpc) is 2.40. The maximum absolute atomic E-state index is 13.4. The van der Waals surface area contributed by atoms with Crippen molar-refractivity contribution in [3.63, 3.8) is 0 Å². The van der Waals surface area contributed by atoms with Crippen LogP contribution in [0.1, 0.15) is 18.3 Å². The smallest absolute Gasteiger partial charge is 0.143 e. The van der Waals surface area contributed by atoms with E-state index in [0.717, 1.165) is 23.6 Å². The lowest BCUT2D eigenvalue weighted by Gasteiger charge is -2.24. The van der Waals surface area contributed by atoms with Crippen molar-refractivity contribution in [2.45, 2.75) is 20.4 Å². The van der Waals surface area contributed by atoms with Crippen LogP contribution in [0.25, 0.3) is 0 Å². The number of anilines is 2. The van der Waals surface area contributed by atoms with Gasteiger partial charge in [-0.3, -0.25) is 4.98 Å². The largest absolute Gasteiger partial charge is 0.397 e. The Hall–Kier alpha value is -1.81. The van der Waals surface area contributed by atoms with E-state index in [1.165, 1.54) is 6.07 Å². The first-order valence-electron chi connectivity index (χ1n) is 6.43. The minimum Gasteiger partial charge on any atom is -0.397 e. The van der Waals surface area contributed by atoms with Crippen molar-refractivity contribution in [3.05, 3.63) is 52.6 Å². The normalized spacial score (nSPS) is 10.6. The van der Waals surface area contributed by atoms with Gasteiger partial charge in [0.15, 0.2) is 0 Å². The van der Waals surface area contributed by atoms with Gasteiger partial charge < -0.3 is 10.6 Å². The number of aryl methyl sites for hydroxylation is 1. The Bertz CT molecular complexity index is 616. The van der Waals surface area contributed by atoms with Crippen LogP contribution in [0, 0.1) is 12.7 Å². The van der Waals surface area contributed by atoms with Crippen LogP contribution < -0.4 is 10.6 Å². The first-order valence-corrected chi connectivity index (χ1v) is 6.81. The van der Waals surface area contributed by atoms with Crippen molar-refractivity contribution in [1.82, 2.24) is 4.98 Å². The van der Waals surface area contributed by atoms with Gasteiger partial charge in [0.2, 0.25) is 0 Å². The van der Waals surface area contributed by atoms with E-state index in [1.54, 1.807) is 6.07 Å². The predicted octanol–water partition coefficient (Wildman–Crippen LogP) is 3.79. The Labute approximate surface area is 123 Å². The minimum atomic E-state index is -0.502. The molecule has 0 fully saturated rings. The highest BCUT2D eigenvalue weighted by Crippen LogP contribution is 2.30. The number of rotatable bonds is 4. The van der Waals surface area contributed by atoms with Crippen molar-refractivity contribution in [2.75, 3.05) is 17.2 Å². The van der Waals surface area contributed by atoms with Crippen LogP contribution in [0.5, 0.6) is 0 Å². The summed E-state index contributed by atoms with van der Waals surface area (Å²) >= 11 is 5.84. The molecule has 0 amide bonds. The number of benzene rings is 1. The molecule has 20 heavy (non-hydrogen) atoms. The molecule has 1 heterocycles. The monoisotopic (exact) mass is 293 g/mol. The molecule has 106 valence electrons. The van der Waals surface area contributed by atoms with Gasteiger partial charge in [-0.1, -0.05) is 17.7 Å². The van der Waals surface area contributed by atoms with Gasteiger partial charge in [-0.05, 0) is 32.0 Å². The summed E-state index contributed by atoms with van der Waals surface area (Å²) in [5.74, 6) is -0.502. The lowest BCUT2D eigenvalue weighted by atomic mass is 10.2. The highest BCUT2D eigenvalue weighted by Gasteiger charge is 2.13. The highest BCUT2D eigenvalue weighted by molar-refractivity contribution is 6.31. The number of pyridine rings is 1. The van der Waals surface area contributed by atoms with Crippen molar-refractivity contribution in [2.24, 2.45) is 0 Å². The molecule has 0 spiro atoms. The van der Waals surface area contributed by atoms with Crippen molar-refractivity contribution < 1.29 is 4.39 Å². The fourth-order valence-corrected chi connectivity index (χ4v) is 2.23. The molecule has 0 saturated carbocycles. The van der Waals surface area contributed by atoms with Gasteiger partial charge >= 0.3 is 0 Å². The number of nitrogen functional groups attached to an aromatic ring is 1. The van der Waals surface area contributed by atoms with Crippen LogP contribution in [0.3, 0.4) is 0 Å². The molecule has 2 aromatic rings. The van der Waals surface area contributed by atoms with Gasteiger partial charge in [-0.15, -0.1) is 0 Å². The first kappa shape index (κ1) is 14.6. The molecule has 0 saturated heterocycles. The molecule has 2 N–H and O–H groups in total. The first-order chi connectivity index (χ1) is 9.51. The van der Waals surface area contributed by atoms with Crippen molar-refractivity contribution in [3.8, 4) is 0 Å². The third kappa shape index (κ3) is 3.20. The summed E-state index contributed by atoms with van der Waals surface area (Å²) in [6, 6.07) is 8.68. The number of nitrogens with two attached hydrogens (primary N) is 1. The van der Waals surface area contributed by atoms with E-state index in [4.69, 9.17) is 17.3 Å². The molecule has 2 rings (SSSR count). The van der Waals surface area contributed by atoms with Crippen LogP contribution >= 0.6 is 11.6 Å². The zero-order valence-corrected chi connectivity index (χ0v) is 12.3. The van der Waals surface area contributed by atoms with E-state index in [9.17, 15) is 4.39 Å². The fraction of sp³-hybridized carbons (Fsp3) is 0.267. The second kappa shape index (κ2) is 6.09. The molecule has 1 aromatic carbocycles. The molecule has 1 aromatic heterocycles. The second-order valence-electron chi connectivity index (χ2n) is 4.61. The van der Waals surface area contributed by atoms with Gasteiger partial charge in [0.25, 0.3) is 0 Å². The van der Waals surface area contributed by atoms with Gasteiger partial charge in [0.05, 0.1) is 28.6 Å². The number of nitrogens with zero attached hydrogens (tertiary/aromatic N) is 2. The number of hydrogen-bond acceptors (Lipinski definition) is 3. The molecule has 0 aliphatic heterocycles. The quantitative estimate of drug-likeness (QED) is 0.872. The van der Waals surface area contributed by atoms with Crippen LogP contribution in [-0.4, -0.2) is 11.5 Å². The Morgan fingerprint density at radius 3 is 2.75 bits per heavy atom. The lowest BCUT2D eigenvalue weighted by Crippen LogP contribution is -2.24. The molecular formula is C15H17ClFN3. The maximum Gasteiger partial charge on any atom is 0.143 e. The Balaban J connectivity index is 2.31. The average molecular weight is 294 g/mol. The number of hydrogen-bond donors (Lipinski definition) is 1. The van der Waals surface area contributed by atoms with Gasteiger partial charge in [-0.2, -0.15) is 0 Å². The van der Waals surface area contributed by atoms with Crippen LogP contribution in [0.15, 0.2) is 30.3 Å². The van der Waals surface area contributed by atoms with Crippen molar-refractivity contribution >= 4 is 23.0 Å². The summed E-state index contributed by atoms with van der Waals surface area (Å²) in [5, 5.41) is 0.0739. The minimum absolute atomic E-state index is 0.0739. The van der Waals surface area contributed by atoms with Gasteiger partial charge in [-0.25, -0.2) is 4.39 Å². The van der Waals surface area contributed by atoms with Crippen LogP contribution in [0.2, 0.25) is 5.02 Å². The molecule has 0 radical (unpaired) electrons. The number of halogens is 2. The van der Waals surface area contributed by atoms with E-state index in [2.05, 4.69) is 4.98 Å². The van der Waals surface area contributed by atoms with Crippen molar-refractivity contribution in [1.29, 1.82) is 0 Å². The molecule has 3 nitrogen and oxygen atoms in total. The molecule has 5 heteroatoms. The lowest BCUT2D eigenvalue weighted by molar-refractivity contribution is 0.628. The molecular weight excluding hydrogens is 277 g/mol. The molecule has 0 bridgehead atoms. The summed E-state index contributed by atoms with van der Waals surface area (Å²) in [6.07, 6.45) is 0. The summed E-state index contributed by atoms with van der Waals surface area (Å²) in [6.45, 7) is 5.28. The Kier molecular flexibility index (Phi) is 4.45. The van der Waals surface area contributed by atoms with E-state index in [-0.39, 0.29) is 5.02 Å². The summed E-state index contributed by atoms with van der Waals surface area (Å²) in [5.41, 5.74) is 8.89. The van der Waals surface area contributed by atoms with Crippen LogP contribution in [-0.2, 0) is 6.54 Å². The summed E-state index contributed by atoms with van der Waals surface area (Å²) in [7, 11) is 0.